The van der Waals surface area contributed by atoms with Crippen molar-refractivity contribution in [3.63, 3.8) is 0 Å². The second-order valence-corrected chi connectivity index (χ2v) is 6.40. The molecule has 0 saturated carbocycles. The summed E-state index contributed by atoms with van der Waals surface area (Å²) in [4.78, 5) is 0. The number of nitrogens with one attached hydrogen (secondary N) is 1. The Morgan fingerprint density at radius 1 is 1.20 bits per heavy atom. The van der Waals surface area contributed by atoms with Gasteiger partial charge in [-0.15, -0.1) is 10.2 Å². The minimum Gasteiger partial charge on any atom is -0.421 e. The molecule has 20 heavy (non-hydrogen) atoms. The molecule has 0 bridgehead atoms. The first-order chi connectivity index (χ1) is 9.35. The fraction of sp³-hybridized carbons (Fsp3) is 0.429. The zero-order valence-electron chi connectivity index (χ0n) is 11.7. The van der Waals surface area contributed by atoms with Gasteiger partial charge in [-0.05, 0) is 39.0 Å². The van der Waals surface area contributed by atoms with Gasteiger partial charge in [0.25, 0.3) is 0 Å². The number of nitrogens with zero attached hydrogens (tertiary/aromatic N) is 2. The predicted molar refractivity (Wildman–Crippen MR) is 81.2 cm³/mol. The van der Waals surface area contributed by atoms with Crippen LogP contribution in [-0.2, 0) is 6.42 Å². The molecule has 6 heteroatoms. The Balaban J connectivity index is 2.07. The molecule has 0 radical (unpaired) electrons. The van der Waals surface area contributed by atoms with Crippen molar-refractivity contribution in [1.82, 2.24) is 15.5 Å². The van der Waals surface area contributed by atoms with Crippen molar-refractivity contribution in [3.05, 3.63) is 34.1 Å². The standard InChI is InChI=1S/C14H17Cl2N3O/c1-14(2,3)17-7-6-12-18-19-13(20-12)10-8-9(15)4-5-11(10)16/h4-5,8,17H,6-7H2,1-3H3. The molecule has 2 aromatic rings. The van der Waals surface area contributed by atoms with Gasteiger partial charge >= 0.3 is 0 Å². The van der Waals surface area contributed by atoms with Crippen LogP contribution in [0, 0.1) is 0 Å². The minimum atomic E-state index is 0.0686. The summed E-state index contributed by atoms with van der Waals surface area (Å²) in [5, 5.41) is 12.5. The van der Waals surface area contributed by atoms with Crippen molar-refractivity contribution >= 4 is 23.2 Å². The summed E-state index contributed by atoms with van der Waals surface area (Å²) < 4.78 is 5.61. The molecule has 0 fully saturated rings. The van der Waals surface area contributed by atoms with Crippen molar-refractivity contribution in [2.45, 2.75) is 32.7 Å². The first-order valence-electron chi connectivity index (χ1n) is 6.38. The molecule has 0 unspecified atom stereocenters. The van der Waals surface area contributed by atoms with Gasteiger partial charge in [0.05, 0.1) is 10.6 Å². The molecular formula is C14H17Cl2N3O. The molecule has 1 heterocycles. The fourth-order valence-electron chi connectivity index (χ4n) is 1.67. The number of hydrogen-bond donors (Lipinski definition) is 1. The van der Waals surface area contributed by atoms with Gasteiger partial charge in [-0.3, -0.25) is 0 Å². The van der Waals surface area contributed by atoms with Crippen LogP contribution in [0.5, 0.6) is 0 Å². The number of halogens is 2. The summed E-state index contributed by atoms with van der Waals surface area (Å²) in [6.45, 7) is 7.10. The van der Waals surface area contributed by atoms with Crippen LogP contribution < -0.4 is 5.32 Å². The van der Waals surface area contributed by atoms with Gasteiger partial charge in [0.2, 0.25) is 11.8 Å². The molecule has 0 saturated heterocycles. The van der Waals surface area contributed by atoms with Crippen LogP contribution >= 0.6 is 23.2 Å². The van der Waals surface area contributed by atoms with E-state index in [1.54, 1.807) is 18.2 Å². The molecule has 0 spiro atoms. The Morgan fingerprint density at radius 2 is 1.95 bits per heavy atom. The highest BCUT2D eigenvalue weighted by Gasteiger charge is 2.13. The highest BCUT2D eigenvalue weighted by atomic mass is 35.5. The van der Waals surface area contributed by atoms with Gasteiger partial charge in [0, 0.05) is 23.5 Å². The lowest BCUT2D eigenvalue weighted by Gasteiger charge is -2.19. The van der Waals surface area contributed by atoms with Crippen LogP contribution in [0.4, 0.5) is 0 Å². The lowest BCUT2D eigenvalue weighted by atomic mass is 10.1. The molecular weight excluding hydrogens is 297 g/mol. The Labute approximate surface area is 128 Å². The highest BCUT2D eigenvalue weighted by molar-refractivity contribution is 6.35. The molecule has 0 aliphatic carbocycles. The lowest BCUT2D eigenvalue weighted by molar-refractivity contribution is 0.412. The molecule has 0 atom stereocenters. The zero-order valence-corrected chi connectivity index (χ0v) is 13.2. The molecule has 108 valence electrons. The van der Waals surface area contributed by atoms with Crippen LogP contribution in [0.2, 0.25) is 10.0 Å². The summed E-state index contributed by atoms with van der Waals surface area (Å²) >= 11 is 12.1. The Morgan fingerprint density at radius 3 is 2.65 bits per heavy atom. The van der Waals surface area contributed by atoms with Crippen LogP contribution in [0.1, 0.15) is 26.7 Å². The Bertz CT molecular complexity index is 590. The van der Waals surface area contributed by atoms with E-state index in [1.165, 1.54) is 0 Å². The van der Waals surface area contributed by atoms with Crippen molar-refractivity contribution < 1.29 is 4.42 Å². The molecule has 0 aliphatic heterocycles. The van der Waals surface area contributed by atoms with Crippen LogP contribution in [0.15, 0.2) is 22.6 Å². The largest absolute Gasteiger partial charge is 0.421 e. The molecule has 2 rings (SSSR count). The number of hydrogen-bond acceptors (Lipinski definition) is 4. The molecule has 1 N–H and O–H groups in total. The lowest BCUT2D eigenvalue weighted by Crippen LogP contribution is -2.37. The van der Waals surface area contributed by atoms with E-state index in [4.69, 9.17) is 27.6 Å². The Kier molecular flexibility index (Phi) is 4.68. The van der Waals surface area contributed by atoms with Gasteiger partial charge < -0.3 is 9.73 Å². The van der Waals surface area contributed by atoms with Crippen molar-refractivity contribution in [3.8, 4) is 11.5 Å². The average Bonchev–Trinajstić information content (AvgIpc) is 2.79. The van der Waals surface area contributed by atoms with E-state index in [1.807, 2.05) is 0 Å². The third-order valence-electron chi connectivity index (χ3n) is 2.62. The fourth-order valence-corrected chi connectivity index (χ4v) is 2.04. The molecule has 0 amide bonds. The monoisotopic (exact) mass is 313 g/mol. The maximum Gasteiger partial charge on any atom is 0.249 e. The van der Waals surface area contributed by atoms with Gasteiger partial charge in [-0.2, -0.15) is 0 Å². The van der Waals surface area contributed by atoms with Crippen molar-refractivity contribution in [2.75, 3.05) is 6.54 Å². The summed E-state index contributed by atoms with van der Waals surface area (Å²) in [6.07, 6.45) is 0.669. The summed E-state index contributed by atoms with van der Waals surface area (Å²) in [7, 11) is 0. The smallest absolute Gasteiger partial charge is 0.249 e. The maximum atomic E-state index is 6.11. The minimum absolute atomic E-state index is 0.0686. The number of aromatic nitrogens is 2. The van der Waals surface area contributed by atoms with Gasteiger partial charge in [-0.1, -0.05) is 23.2 Å². The van der Waals surface area contributed by atoms with E-state index in [0.29, 0.717) is 33.8 Å². The summed E-state index contributed by atoms with van der Waals surface area (Å²) in [5.41, 5.74) is 0.723. The third-order valence-corrected chi connectivity index (χ3v) is 3.18. The van der Waals surface area contributed by atoms with Crippen LogP contribution in [-0.4, -0.2) is 22.3 Å². The van der Waals surface area contributed by atoms with Gasteiger partial charge in [0.15, 0.2) is 0 Å². The third kappa shape index (κ3) is 4.20. The van der Waals surface area contributed by atoms with Crippen LogP contribution in [0.25, 0.3) is 11.5 Å². The predicted octanol–water partition coefficient (Wildman–Crippen LogP) is 3.97. The highest BCUT2D eigenvalue weighted by Crippen LogP contribution is 2.29. The zero-order chi connectivity index (χ0) is 14.8. The van der Waals surface area contributed by atoms with E-state index in [-0.39, 0.29) is 5.54 Å². The number of benzene rings is 1. The van der Waals surface area contributed by atoms with Crippen molar-refractivity contribution in [2.24, 2.45) is 0 Å². The topological polar surface area (TPSA) is 51.0 Å². The van der Waals surface area contributed by atoms with Gasteiger partial charge in [0.1, 0.15) is 0 Å². The van der Waals surface area contributed by atoms with Crippen LogP contribution in [0.3, 0.4) is 0 Å². The normalized spacial score (nSPS) is 11.8. The average molecular weight is 314 g/mol. The van der Waals surface area contributed by atoms with Crippen molar-refractivity contribution in [1.29, 1.82) is 0 Å². The van der Waals surface area contributed by atoms with E-state index in [2.05, 4.69) is 36.3 Å². The summed E-state index contributed by atoms with van der Waals surface area (Å²) in [6, 6.07) is 5.15. The first-order valence-corrected chi connectivity index (χ1v) is 7.13. The second kappa shape index (κ2) is 6.12. The second-order valence-electron chi connectivity index (χ2n) is 5.55. The molecule has 1 aromatic heterocycles. The van der Waals surface area contributed by atoms with E-state index in [9.17, 15) is 0 Å². The van der Waals surface area contributed by atoms with E-state index < -0.39 is 0 Å². The quantitative estimate of drug-likeness (QED) is 0.927. The molecule has 4 nitrogen and oxygen atoms in total. The molecule has 1 aromatic carbocycles. The summed E-state index contributed by atoms with van der Waals surface area (Å²) in [5.74, 6) is 0.969. The maximum absolute atomic E-state index is 6.11. The Hall–Kier alpha value is -1.10. The molecule has 0 aliphatic rings. The van der Waals surface area contributed by atoms with Gasteiger partial charge in [-0.25, -0.2) is 0 Å². The number of rotatable bonds is 4. The SMILES string of the molecule is CC(C)(C)NCCc1nnc(-c2cc(Cl)ccc2Cl)o1. The van der Waals surface area contributed by atoms with E-state index >= 15 is 0 Å². The van der Waals surface area contributed by atoms with E-state index in [0.717, 1.165) is 6.54 Å². The first kappa shape index (κ1) is 15.3.